The summed E-state index contributed by atoms with van der Waals surface area (Å²) in [5.74, 6) is 0.106. The average Bonchev–Trinajstić information content (AvgIpc) is 2.93. The van der Waals surface area contributed by atoms with Crippen molar-refractivity contribution in [3.8, 4) is 0 Å². The number of amides is 1. The molecule has 0 radical (unpaired) electrons. The summed E-state index contributed by atoms with van der Waals surface area (Å²) in [5, 5.41) is 12.1. The van der Waals surface area contributed by atoms with Gasteiger partial charge in [-0.15, -0.1) is 11.3 Å². The van der Waals surface area contributed by atoms with E-state index in [2.05, 4.69) is 0 Å². The van der Waals surface area contributed by atoms with Crippen LogP contribution < -0.4 is 4.90 Å². The first-order valence-electron chi connectivity index (χ1n) is 6.77. The fraction of sp³-hybridized carbons (Fsp3) is 0.312. The van der Waals surface area contributed by atoms with Crippen molar-refractivity contribution < 1.29 is 9.90 Å². The minimum absolute atomic E-state index is 0.106. The Hall–Kier alpha value is -1.65. The number of aryl methyl sites for hydroxylation is 1. The summed E-state index contributed by atoms with van der Waals surface area (Å²) in [5.41, 5.74) is 2.81. The molecule has 1 aliphatic heterocycles. The molecule has 0 spiro atoms. The van der Waals surface area contributed by atoms with Crippen molar-refractivity contribution in [1.82, 2.24) is 0 Å². The molecule has 20 heavy (non-hydrogen) atoms. The Morgan fingerprint density at radius 1 is 1.40 bits per heavy atom. The Morgan fingerprint density at radius 3 is 3.00 bits per heavy atom. The molecular formula is C16H17NO2S. The molecule has 1 amide bonds. The summed E-state index contributed by atoms with van der Waals surface area (Å²) < 4.78 is 0. The van der Waals surface area contributed by atoms with E-state index in [4.69, 9.17) is 0 Å². The number of hydrogen-bond acceptors (Lipinski definition) is 3. The van der Waals surface area contributed by atoms with Gasteiger partial charge in [-0.3, -0.25) is 4.79 Å². The van der Waals surface area contributed by atoms with Crippen molar-refractivity contribution in [3.05, 3.63) is 51.7 Å². The van der Waals surface area contributed by atoms with Crippen LogP contribution in [0.2, 0.25) is 0 Å². The van der Waals surface area contributed by atoms with Crippen LogP contribution in [0.4, 0.5) is 5.69 Å². The molecule has 0 saturated carbocycles. The maximum absolute atomic E-state index is 12.5. The Bertz CT molecular complexity index is 621. The van der Waals surface area contributed by atoms with E-state index >= 15 is 0 Å². The summed E-state index contributed by atoms with van der Waals surface area (Å²) in [6, 6.07) is 9.79. The van der Waals surface area contributed by atoms with Crippen LogP contribution in [0.25, 0.3) is 0 Å². The minimum Gasteiger partial charge on any atom is -0.388 e. The van der Waals surface area contributed by atoms with Crippen LogP contribution in [0.5, 0.6) is 0 Å². The molecule has 3 nitrogen and oxygen atoms in total. The van der Waals surface area contributed by atoms with Crippen molar-refractivity contribution >= 4 is 22.9 Å². The largest absolute Gasteiger partial charge is 0.388 e. The number of nitrogens with zero attached hydrogens (tertiary/aromatic N) is 1. The molecule has 0 saturated heterocycles. The Labute approximate surface area is 122 Å². The van der Waals surface area contributed by atoms with Crippen molar-refractivity contribution in [2.75, 3.05) is 11.4 Å². The van der Waals surface area contributed by atoms with Gasteiger partial charge in [-0.2, -0.15) is 0 Å². The first kappa shape index (κ1) is 13.3. The van der Waals surface area contributed by atoms with Gasteiger partial charge in [-0.1, -0.05) is 24.3 Å². The third kappa shape index (κ3) is 2.37. The zero-order valence-corrected chi connectivity index (χ0v) is 12.2. The van der Waals surface area contributed by atoms with E-state index in [-0.39, 0.29) is 5.91 Å². The third-order valence-electron chi connectivity index (χ3n) is 3.73. The number of carbonyl (C=O) groups excluding carboxylic acids is 1. The minimum atomic E-state index is -0.462. The Morgan fingerprint density at radius 2 is 2.25 bits per heavy atom. The second-order valence-electron chi connectivity index (χ2n) is 5.12. The summed E-state index contributed by atoms with van der Waals surface area (Å²) in [6.45, 7) is 2.57. The zero-order chi connectivity index (χ0) is 14.1. The lowest BCUT2D eigenvalue weighted by Crippen LogP contribution is -2.38. The van der Waals surface area contributed by atoms with Gasteiger partial charge in [0.25, 0.3) is 0 Å². The van der Waals surface area contributed by atoms with Gasteiger partial charge in [0.1, 0.15) is 0 Å². The summed E-state index contributed by atoms with van der Waals surface area (Å²) in [7, 11) is 0. The van der Waals surface area contributed by atoms with Crippen molar-refractivity contribution in [1.29, 1.82) is 0 Å². The first-order valence-corrected chi connectivity index (χ1v) is 7.65. The van der Waals surface area contributed by atoms with Gasteiger partial charge < -0.3 is 10.0 Å². The molecule has 3 rings (SSSR count). The molecule has 2 aromatic rings. The van der Waals surface area contributed by atoms with Gasteiger partial charge in [0.05, 0.1) is 18.2 Å². The van der Waals surface area contributed by atoms with Gasteiger partial charge in [-0.25, -0.2) is 0 Å². The number of hydrogen-bond donors (Lipinski definition) is 1. The fourth-order valence-electron chi connectivity index (χ4n) is 2.74. The normalized spacial score (nSPS) is 17.9. The lowest BCUT2D eigenvalue weighted by atomic mass is 9.95. The topological polar surface area (TPSA) is 40.5 Å². The second kappa shape index (κ2) is 5.38. The van der Waals surface area contributed by atoms with E-state index in [0.29, 0.717) is 19.4 Å². The van der Waals surface area contributed by atoms with Gasteiger partial charge in [-0.05, 0) is 30.4 Å². The van der Waals surface area contributed by atoms with Gasteiger partial charge in [0.2, 0.25) is 5.91 Å². The molecule has 1 atom stereocenters. The molecule has 4 heteroatoms. The molecule has 104 valence electrons. The van der Waals surface area contributed by atoms with Gasteiger partial charge in [0.15, 0.2) is 0 Å². The van der Waals surface area contributed by atoms with Crippen LogP contribution >= 0.6 is 11.3 Å². The smallest absolute Gasteiger partial charge is 0.232 e. The standard InChI is InChI=1S/C16H17NO2S/c1-11-4-2-6-13-14(18)7-8-17(16(11)13)15(19)10-12-5-3-9-20-12/h2-6,9,14,18H,7-8,10H2,1H3. The average molecular weight is 287 g/mol. The second-order valence-corrected chi connectivity index (χ2v) is 6.15. The Kier molecular flexibility index (Phi) is 3.59. The fourth-order valence-corrected chi connectivity index (χ4v) is 3.44. The highest BCUT2D eigenvalue weighted by atomic mass is 32.1. The number of aliphatic hydroxyl groups excluding tert-OH is 1. The number of thiophene rings is 1. The predicted molar refractivity (Wildman–Crippen MR) is 81.1 cm³/mol. The van der Waals surface area contributed by atoms with Gasteiger partial charge in [0, 0.05) is 17.0 Å². The van der Waals surface area contributed by atoms with Crippen molar-refractivity contribution in [3.63, 3.8) is 0 Å². The summed E-state index contributed by atoms with van der Waals surface area (Å²) >= 11 is 1.60. The van der Waals surface area contributed by atoms with Crippen LogP contribution in [0.3, 0.4) is 0 Å². The van der Waals surface area contributed by atoms with E-state index in [1.165, 1.54) is 0 Å². The van der Waals surface area contributed by atoms with Crippen LogP contribution in [-0.4, -0.2) is 17.6 Å². The Balaban J connectivity index is 1.92. The molecule has 1 aliphatic rings. The molecular weight excluding hydrogens is 270 g/mol. The highest BCUT2D eigenvalue weighted by Gasteiger charge is 2.28. The molecule has 1 aromatic heterocycles. The lowest BCUT2D eigenvalue weighted by Gasteiger charge is -2.33. The number of fused-ring (bicyclic) bond motifs is 1. The maximum Gasteiger partial charge on any atom is 0.232 e. The van der Waals surface area contributed by atoms with Crippen LogP contribution in [0.1, 0.15) is 28.5 Å². The maximum atomic E-state index is 12.5. The van der Waals surface area contributed by atoms with Crippen molar-refractivity contribution in [2.45, 2.75) is 25.9 Å². The predicted octanol–water partition coefficient (Wildman–Crippen LogP) is 3.07. The third-order valence-corrected chi connectivity index (χ3v) is 4.61. The lowest BCUT2D eigenvalue weighted by molar-refractivity contribution is -0.118. The van der Waals surface area contributed by atoms with E-state index < -0.39 is 6.10 Å². The quantitative estimate of drug-likeness (QED) is 0.922. The molecule has 2 heterocycles. The van der Waals surface area contributed by atoms with E-state index in [9.17, 15) is 9.90 Å². The number of para-hydroxylation sites is 1. The summed E-state index contributed by atoms with van der Waals surface area (Å²) in [6.07, 6.45) is 0.574. The molecule has 1 unspecified atom stereocenters. The molecule has 1 N–H and O–H groups in total. The summed E-state index contributed by atoms with van der Waals surface area (Å²) in [4.78, 5) is 15.4. The van der Waals surface area contributed by atoms with Crippen LogP contribution in [0, 0.1) is 6.92 Å². The van der Waals surface area contributed by atoms with Crippen LogP contribution in [0.15, 0.2) is 35.7 Å². The SMILES string of the molecule is Cc1cccc2c1N(C(=O)Cc1cccs1)CCC2O. The van der Waals surface area contributed by atoms with Crippen LogP contribution in [-0.2, 0) is 11.2 Å². The highest BCUT2D eigenvalue weighted by molar-refractivity contribution is 7.10. The number of rotatable bonds is 2. The van der Waals surface area contributed by atoms with Crippen molar-refractivity contribution in [2.24, 2.45) is 0 Å². The number of aliphatic hydroxyl groups is 1. The highest BCUT2D eigenvalue weighted by Crippen LogP contribution is 2.36. The molecule has 0 aliphatic carbocycles. The van der Waals surface area contributed by atoms with E-state index in [1.54, 1.807) is 11.3 Å². The number of carbonyl (C=O) groups is 1. The number of benzene rings is 1. The number of anilines is 1. The van der Waals surface area contributed by atoms with Gasteiger partial charge >= 0.3 is 0 Å². The zero-order valence-electron chi connectivity index (χ0n) is 11.4. The molecule has 1 aromatic carbocycles. The first-order chi connectivity index (χ1) is 9.66. The molecule has 0 bridgehead atoms. The van der Waals surface area contributed by atoms with E-state index in [1.807, 2.05) is 47.5 Å². The van der Waals surface area contributed by atoms with E-state index in [0.717, 1.165) is 21.7 Å². The monoisotopic (exact) mass is 287 g/mol. The molecule has 0 fully saturated rings.